The fourth-order valence-electron chi connectivity index (χ4n) is 1.59. The third-order valence-electron chi connectivity index (χ3n) is 2.58. The lowest BCUT2D eigenvalue weighted by molar-refractivity contribution is 0.0783. The van der Waals surface area contributed by atoms with E-state index in [9.17, 15) is 0 Å². The zero-order valence-corrected chi connectivity index (χ0v) is 10.4. The van der Waals surface area contributed by atoms with Gasteiger partial charge in [-0.1, -0.05) is 0 Å². The number of hydrogen-bond donors (Lipinski definition) is 1. The van der Waals surface area contributed by atoms with Crippen LogP contribution in [-0.2, 0) is 9.47 Å². The smallest absolute Gasteiger partial charge is 0.202 e. The Labute approximate surface area is 99.3 Å². The van der Waals surface area contributed by atoms with Gasteiger partial charge in [0.05, 0.1) is 6.61 Å². The largest absolute Gasteiger partial charge is 0.383 e. The molecule has 1 N–H and O–H groups in total. The number of ether oxygens (including phenoxy) is 2. The first-order valence-electron chi connectivity index (χ1n) is 5.44. The van der Waals surface area contributed by atoms with E-state index in [1.165, 1.54) is 24.4 Å². The van der Waals surface area contributed by atoms with Crippen LogP contribution in [0, 0.1) is 5.92 Å². The van der Waals surface area contributed by atoms with Crippen LogP contribution in [0.3, 0.4) is 0 Å². The molecule has 1 aromatic rings. The summed E-state index contributed by atoms with van der Waals surface area (Å²) < 4.78 is 14.7. The number of methoxy groups -OCH3 is 2. The van der Waals surface area contributed by atoms with Crippen LogP contribution in [-0.4, -0.2) is 36.7 Å². The Bertz CT molecular complexity index is 328. The van der Waals surface area contributed by atoms with Gasteiger partial charge in [0.15, 0.2) is 5.82 Å². The van der Waals surface area contributed by atoms with Gasteiger partial charge in [0.25, 0.3) is 0 Å². The second-order valence-corrected chi connectivity index (χ2v) is 4.62. The molecule has 0 radical (unpaired) electrons. The van der Waals surface area contributed by atoms with E-state index in [1.54, 1.807) is 14.2 Å². The molecule has 6 heteroatoms. The van der Waals surface area contributed by atoms with Crippen LogP contribution in [0.4, 0.5) is 5.13 Å². The van der Waals surface area contributed by atoms with E-state index in [4.69, 9.17) is 9.47 Å². The van der Waals surface area contributed by atoms with E-state index < -0.39 is 0 Å². The van der Waals surface area contributed by atoms with E-state index in [1.807, 2.05) is 0 Å². The fourth-order valence-corrected chi connectivity index (χ4v) is 2.22. The molecule has 16 heavy (non-hydrogen) atoms. The number of aromatic nitrogens is 2. The van der Waals surface area contributed by atoms with Crippen LogP contribution >= 0.6 is 11.5 Å². The van der Waals surface area contributed by atoms with Gasteiger partial charge in [-0.05, 0) is 18.8 Å². The highest BCUT2D eigenvalue weighted by molar-refractivity contribution is 7.09. The lowest BCUT2D eigenvalue weighted by atomic mass is 10.2. The molecule has 0 amide bonds. The quantitative estimate of drug-likeness (QED) is 0.739. The first-order chi connectivity index (χ1) is 7.85. The maximum Gasteiger partial charge on any atom is 0.202 e. The van der Waals surface area contributed by atoms with Crippen molar-refractivity contribution >= 4 is 16.7 Å². The normalized spacial score (nSPS) is 17.4. The molecule has 1 aliphatic carbocycles. The molecular weight excluding hydrogens is 226 g/mol. The van der Waals surface area contributed by atoms with Crippen molar-refractivity contribution in [2.45, 2.75) is 18.9 Å². The molecular formula is C10H17N3O2S. The molecule has 0 spiro atoms. The summed E-state index contributed by atoms with van der Waals surface area (Å²) >= 11 is 1.38. The van der Waals surface area contributed by atoms with Crippen molar-refractivity contribution in [3.05, 3.63) is 5.82 Å². The second-order valence-electron chi connectivity index (χ2n) is 3.87. The van der Waals surface area contributed by atoms with E-state index in [2.05, 4.69) is 14.7 Å². The molecule has 2 rings (SSSR count). The molecule has 5 nitrogen and oxygen atoms in total. The Kier molecular flexibility index (Phi) is 4.09. The zero-order valence-electron chi connectivity index (χ0n) is 9.60. The van der Waals surface area contributed by atoms with Crippen molar-refractivity contribution < 1.29 is 9.47 Å². The van der Waals surface area contributed by atoms with Crippen LogP contribution in [0.2, 0.25) is 0 Å². The first kappa shape index (κ1) is 11.8. The van der Waals surface area contributed by atoms with E-state index in [-0.39, 0.29) is 6.10 Å². The van der Waals surface area contributed by atoms with Gasteiger partial charge >= 0.3 is 0 Å². The number of nitrogens with one attached hydrogen (secondary N) is 1. The maximum absolute atomic E-state index is 5.43. The SMILES string of the molecule is COCCNc1nc(C(OC)C2CC2)ns1. The van der Waals surface area contributed by atoms with Gasteiger partial charge in [-0.3, -0.25) is 0 Å². The summed E-state index contributed by atoms with van der Waals surface area (Å²) in [6, 6.07) is 0. The molecule has 0 saturated heterocycles. The summed E-state index contributed by atoms with van der Waals surface area (Å²) in [4.78, 5) is 4.43. The molecule has 1 unspecified atom stereocenters. The number of nitrogens with zero attached hydrogens (tertiary/aromatic N) is 2. The standard InChI is InChI=1S/C10H17N3O2S/c1-14-6-5-11-10-12-9(13-16-10)8(15-2)7-3-4-7/h7-8H,3-6H2,1-2H3,(H,11,12,13). The minimum Gasteiger partial charge on any atom is -0.383 e. The van der Waals surface area contributed by atoms with Crippen molar-refractivity contribution in [3.8, 4) is 0 Å². The summed E-state index contributed by atoms with van der Waals surface area (Å²) in [5, 5.41) is 4.01. The predicted molar refractivity (Wildman–Crippen MR) is 62.7 cm³/mol. The minimum atomic E-state index is 0.0780. The third-order valence-corrected chi connectivity index (χ3v) is 3.27. The first-order valence-corrected chi connectivity index (χ1v) is 6.21. The summed E-state index contributed by atoms with van der Waals surface area (Å²) in [6.45, 7) is 1.43. The monoisotopic (exact) mass is 243 g/mol. The minimum absolute atomic E-state index is 0.0780. The van der Waals surface area contributed by atoms with Gasteiger partial charge in [-0.25, -0.2) is 4.98 Å². The molecule has 0 aromatic carbocycles. The van der Waals surface area contributed by atoms with Crippen molar-refractivity contribution in [2.24, 2.45) is 5.92 Å². The van der Waals surface area contributed by atoms with Crippen LogP contribution in [0.5, 0.6) is 0 Å². The molecule has 1 fully saturated rings. The highest BCUT2D eigenvalue weighted by Crippen LogP contribution is 2.42. The van der Waals surface area contributed by atoms with Crippen molar-refractivity contribution in [1.82, 2.24) is 9.36 Å². The van der Waals surface area contributed by atoms with Crippen molar-refractivity contribution in [2.75, 3.05) is 32.7 Å². The fraction of sp³-hybridized carbons (Fsp3) is 0.800. The van der Waals surface area contributed by atoms with Gasteiger partial charge in [0, 0.05) is 32.3 Å². The number of anilines is 1. The topological polar surface area (TPSA) is 56.3 Å². The highest BCUT2D eigenvalue weighted by atomic mass is 32.1. The Hall–Kier alpha value is -0.720. The maximum atomic E-state index is 5.43. The molecule has 1 saturated carbocycles. The third kappa shape index (κ3) is 2.90. The summed E-state index contributed by atoms with van der Waals surface area (Å²) in [5.74, 6) is 1.43. The second kappa shape index (κ2) is 5.56. The van der Waals surface area contributed by atoms with E-state index in [0.29, 0.717) is 12.5 Å². The summed E-state index contributed by atoms with van der Waals surface area (Å²) in [5.41, 5.74) is 0. The van der Waals surface area contributed by atoms with Crippen LogP contribution in [0.15, 0.2) is 0 Å². The summed E-state index contributed by atoms with van der Waals surface area (Å²) in [7, 11) is 3.41. The van der Waals surface area contributed by atoms with E-state index >= 15 is 0 Å². The Balaban J connectivity index is 1.90. The predicted octanol–water partition coefficient (Wildman–Crippen LogP) is 1.69. The molecule has 0 aliphatic heterocycles. The molecule has 1 heterocycles. The van der Waals surface area contributed by atoms with Crippen LogP contribution < -0.4 is 5.32 Å². The van der Waals surface area contributed by atoms with Crippen molar-refractivity contribution in [1.29, 1.82) is 0 Å². The Morgan fingerprint density at radius 1 is 1.50 bits per heavy atom. The van der Waals surface area contributed by atoms with Gasteiger partial charge in [-0.2, -0.15) is 4.37 Å². The number of hydrogen-bond acceptors (Lipinski definition) is 6. The van der Waals surface area contributed by atoms with Gasteiger partial charge < -0.3 is 14.8 Å². The summed E-state index contributed by atoms with van der Waals surface area (Å²) in [6.07, 6.45) is 2.53. The molecule has 1 atom stereocenters. The number of rotatable bonds is 7. The van der Waals surface area contributed by atoms with Gasteiger partial charge in [0.1, 0.15) is 6.10 Å². The van der Waals surface area contributed by atoms with Crippen molar-refractivity contribution in [3.63, 3.8) is 0 Å². The van der Waals surface area contributed by atoms with Gasteiger partial charge in [-0.15, -0.1) is 0 Å². The average molecular weight is 243 g/mol. The van der Waals surface area contributed by atoms with Crippen LogP contribution in [0.1, 0.15) is 24.8 Å². The lowest BCUT2D eigenvalue weighted by Crippen LogP contribution is -2.08. The Morgan fingerprint density at radius 3 is 2.94 bits per heavy atom. The molecule has 90 valence electrons. The average Bonchev–Trinajstić information content (AvgIpc) is 3.01. The lowest BCUT2D eigenvalue weighted by Gasteiger charge is -2.09. The molecule has 1 aliphatic rings. The zero-order chi connectivity index (χ0) is 11.4. The Morgan fingerprint density at radius 2 is 2.31 bits per heavy atom. The van der Waals surface area contributed by atoms with Gasteiger partial charge in [0.2, 0.25) is 5.13 Å². The van der Waals surface area contributed by atoms with E-state index in [0.717, 1.165) is 17.5 Å². The molecule has 0 bridgehead atoms. The highest BCUT2D eigenvalue weighted by Gasteiger charge is 2.35. The van der Waals surface area contributed by atoms with Crippen LogP contribution in [0.25, 0.3) is 0 Å². The molecule has 1 aromatic heterocycles.